The monoisotopic (exact) mass is 986 g/mol. The first kappa shape index (κ1) is 47.9. The van der Waals surface area contributed by atoms with E-state index in [2.05, 4.69) is 52.3 Å². The number of nitrogens with one attached hydrogen (secondary N) is 4. The lowest BCUT2D eigenvalue weighted by molar-refractivity contribution is 0.0939. The second kappa shape index (κ2) is 19.6. The van der Waals surface area contributed by atoms with E-state index in [1.807, 2.05) is 94.4 Å². The minimum absolute atomic E-state index is 0.0198. The number of nitrogens with zero attached hydrogens (tertiary/aromatic N) is 6. The summed E-state index contributed by atoms with van der Waals surface area (Å²) in [5.41, 5.74) is 7.41. The summed E-state index contributed by atoms with van der Waals surface area (Å²) in [4.78, 5) is 34.2. The Bertz CT molecular complexity index is 2980. The summed E-state index contributed by atoms with van der Waals surface area (Å²) in [5.74, 6) is 1.56. The van der Waals surface area contributed by atoms with Crippen LogP contribution < -0.4 is 30.7 Å². The molecule has 0 saturated heterocycles. The number of amides is 2. The lowest BCUT2D eigenvalue weighted by atomic mass is 10.0. The van der Waals surface area contributed by atoms with Gasteiger partial charge in [-0.2, -0.15) is 5.10 Å². The van der Waals surface area contributed by atoms with E-state index in [1.165, 1.54) is 0 Å². The highest BCUT2D eigenvalue weighted by Crippen LogP contribution is 2.33. The fraction of sp³-hybridized carbons (Fsp3) is 0.373. The van der Waals surface area contributed by atoms with Gasteiger partial charge in [-0.1, -0.05) is 18.2 Å². The molecule has 7 aromatic rings. The Kier molecular flexibility index (Phi) is 13.8. The van der Waals surface area contributed by atoms with Crippen LogP contribution in [0.4, 0.5) is 11.4 Å². The number of aliphatic hydroxyl groups is 2. The minimum atomic E-state index is -0.937. The number of benzene rings is 3. The summed E-state index contributed by atoms with van der Waals surface area (Å²) in [5, 5.41) is 42.2. The number of hydrogen-bond donors (Lipinski definition) is 6. The summed E-state index contributed by atoms with van der Waals surface area (Å²) in [7, 11) is 0. The molecule has 17 heteroatoms. The highest BCUT2D eigenvalue weighted by Gasteiger charge is 2.26. The van der Waals surface area contributed by atoms with Crippen LogP contribution in [0.3, 0.4) is 0 Å². The molecule has 2 saturated carbocycles. The second-order valence-electron chi connectivity index (χ2n) is 19.2. The van der Waals surface area contributed by atoms with Crippen LogP contribution in [0.5, 0.6) is 17.4 Å². The smallest absolute Gasteiger partial charge is 0.251 e. The van der Waals surface area contributed by atoms with Gasteiger partial charge in [0.1, 0.15) is 16.1 Å². The van der Waals surface area contributed by atoms with Crippen LogP contribution >= 0.6 is 15.9 Å². The summed E-state index contributed by atoms with van der Waals surface area (Å²) < 4.78 is 16.1. The van der Waals surface area contributed by atoms with Crippen molar-refractivity contribution in [2.24, 2.45) is 0 Å². The molecular formula is C51H59BrN10O6. The Hall–Kier alpha value is -6.56. The zero-order valence-corrected chi connectivity index (χ0v) is 41.2. The Morgan fingerprint density at radius 3 is 1.66 bits per heavy atom. The first-order chi connectivity index (χ1) is 32.3. The molecule has 0 unspecified atom stereocenters. The number of aryl methyl sites for hydroxylation is 2. The summed E-state index contributed by atoms with van der Waals surface area (Å²) >= 11 is 3.45. The molecule has 0 spiro atoms. The zero-order chi connectivity index (χ0) is 48.5. The number of halogens is 1. The number of carbonyl (C=O) groups is 2. The van der Waals surface area contributed by atoms with Gasteiger partial charge in [0, 0.05) is 59.6 Å². The van der Waals surface area contributed by atoms with Crippen molar-refractivity contribution in [3.63, 3.8) is 0 Å². The SMILES string of the molecule is Cc1cc(-c2cnc3c(NCC(C)(C)O)cc(Br)nn23)ccc1C(=O)NC1CC1.Cc1cc(-c2cnc3c(NCC(C)(C)O)cc(Oc4cccc(OC(C)C)c4)nn23)ccc1C(=O)NC1CC1. The fourth-order valence-corrected chi connectivity index (χ4v) is 7.74. The van der Waals surface area contributed by atoms with Crippen molar-refractivity contribution in [3.05, 3.63) is 112 Å². The third-order valence-electron chi connectivity index (χ3n) is 11.1. The molecule has 2 aliphatic carbocycles. The van der Waals surface area contributed by atoms with Crippen LogP contribution in [0.25, 0.3) is 33.8 Å². The molecule has 0 radical (unpaired) electrons. The van der Waals surface area contributed by atoms with Crippen LogP contribution in [0.15, 0.2) is 89.8 Å². The van der Waals surface area contributed by atoms with E-state index < -0.39 is 11.2 Å². The van der Waals surface area contributed by atoms with E-state index in [-0.39, 0.29) is 17.9 Å². The Morgan fingerprint density at radius 1 is 0.706 bits per heavy atom. The van der Waals surface area contributed by atoms with Gasteiger partial charge in [-0.15, -0.1) is 5.10 Å². The van der Waals surface area contributed by atoms with Crippen molar-refractivity contribution in [3.8, 4) is 39.9 Å². The highest BCUT2D eigenvalue weighted by atomic mass is 79.9. The quantitative estimate of drug-likeness (QED) is 0.0538. The van der Waals surface area contributed by atoms with Crippen LogP contribution in [0.1, 0.15) is 99.1 Å². The number of aromatic nitrogens is 6. The van der Waals surface area contributed by atoms with E-state index in [1.54, 1.807) is 55.2 Å². The van der Waals surface area contributed by atoms with Gasteiger partial charge in [-0.05, 0) is 151 Å². The molecule has 356 valence electrons. The molecule has 2 amide bonds. The number of fused-ring (bicyclic) bond motifs is 2. The Labute approximate surface area is 404 Å². The number of anilines is 2. The molecule has 0 bridgehead atoms. The predicted molar refractivity (Wildman–Crippen MR) is 267 cm³/mol. The molecule has 2 fully saturated rings. The molecule has 68 heavy (non-hydrogen) atoms. The lowest BCUT2D eigenvalue weighted by Gasteiger charge is -2.19. The molecule has 0 atom stereocenters. The first-order valence-corrected chi connectivity index (χ1v) is 23.7. The molecule has 6 N–H and O–H groups in total. The third-order valence-corrected chi connectivity index (χ3v) is 11.5. The van der Waals surface area contributed by atoms with E-state index >= 15 is 0 Å². The zero-order valence-electron chi connectivity index (χ0n) is 39.6. The lowest BCUT2D eigenvalue weighted by Crippen LogP contribution is -2.29. The average Bonchev–Trinajstić information content (AvgIpc) is 4.18. The van der Waals surface area contributed by atoms with E-state index in [4.69, 9.17) is 14.6 Å². The van der Waals surface area contributed by atoms with Gasteiger partial charge in [0.25, 0.3) is 11.8 Å². The van der Waals surface area contributed by atoms with E-state index in [0.29, 0.717) is 75.3 Å². The van der Waals surface area contributed by atoms with Gasteiger partial charge in [0.15, 0.2) is 11.3 Å². The molecular weight excluding hydrogens is 929 g/mol. The summed E-state index contributed by atoms with van der Waals surface area (Å²) in [6.07, 6.45) is 7.76. The molecule has 4 heterocycles. The Balaban J connectivity index is 0.000000192. The van der Waals surface area contributed by atoms with Crippen LogP contribution in [-0.2, 0) is 0 Å². The summed E-state index contributed by atoms with van der Waals surface area (Å²) in [6, 6.07) is 23.1. The van der Waals surface area contributed by atoms with Gasteiger partial charge in [0.05, 0.1) is 52.5 Å². The average molecular weight is 988 g/mol. The number of ether oxygens (including phenoxy) is 2. The maximum atomic E-state index is 12.6. The summed E-state index contributed by atoms with van der Waals surface area (Å²) in [6.45, 7) is 15.4. The topological polar surface area (TPSA) is 202 Å². The number of rotatable bonds is 16. The number of hydrogen-bond acceptors (Lipinski definition) is 12. The molecule has 2 aliphatic rings. The van der Waals surface area contributed by atoms with Gasteiger partial charge in [0.2, 0.25) is 5.88 Å². The first-order valence-electron chi connectivity index (χ1n) is 22.9. The van der Waals surface area contributed by atoms with Crippen molar-refractivity contribution in [1.29, 1.82) is 0 Å². The molecule has 0 aliphatic heterocycles. The minimum Gasteiger partial charge on any atom is -0.491 e. The number of imidazole rings is 2. The molecule has 16 nitrogen and oxygen atoms in total. The highest BCUT2D eigenvalue weighted by molar-refractivity contribution is 9.10. The molecule has 9 rings (SSSR count). The van der Waals surface area contributed by atoms with Crippen LogP contribution in [0.2, 0.25) is 0 Å². The predicted octanol–water partition coefficient (Wildman–Crippen LogP) is 8.90. The van der Waals surface area contributed by atoms with Crippen LogP contribution in [0, 0.1) is 13.8 Å². The normalized spacial score (nSPS) is 13.8. The van der Waals surface area contributed by atoms with Crippen LogP contribution in [-0.4, -0.2) is 93.7 Å². The van der Waals surface area contributed by atoms with Gasteiger partial charge >= 0.3 is 0 Å². The maximum absolute atomic E-state index is 12.6. The largest absolute Gasteiger partial charge is 0.491 e. The number of carbonyl (C=O) groups excluding carboxylic acids is 2. The standard InChI is InChI=1S/C30H35N5O4.C21H24BrN5O2/c1-18(2)38-22-7-6-8-23(14-22)39-27-15-25(32-17-30(4,5)37)28-31-16-26(35(28)34-27)20-9-12-24(19(3)13-20)29(36)33-21-10-11-21;1-12-8-13(4-7-15(12)20(28)25-14-5-6-14)17-10-23-19-16(24-11-21(2,3)29)9-18(22)26-27(17)19/h6-9,12-16,18,21,32,37H,10-11,17H2,1-5H3,(H,33,36);4,7-10,14,24,29H,5-6,11H2,1-3H3,(H,25,28). The van der Waals surface area contributed by atoms with Gasteiger partial charge in [-0.25, -0.2) is 19.0 Å². The maximum Gasteiger partial charge on any atom is 0.251 e. The molecule has 3 aromatic carbocycles. The Morgan fingerprint density at radius 2 is 1.19 bits per heavy atom. The fourth-order valence-electron chi connectivity index (χ4n) is 7.35. The molecule has 4 aromatic heterocycles. The van der Waals surface area contributed by atoms with Crippen molar-refractivity contribution in [2.75, 3.05) is 23.7 Å². The van der Waals surface area contributed by atoms with Crippen molar-refractivity contribution < 1.29 is 29.3 Å². The van der Waals surface area contributed by atoms with E-state index in [0.717, 1.165) is 65.0 Å². The van der Waals surface area contributed by atoms with E-state index in [9.17, 15) is 19.8 Å². The third kappa shape index (κ3) is 12.1. The van der Waals surface area contributed by atoms with Gasteiger partial charge in [-0.3, -0.25) is 9.59 Å². The second-order valence-corrected chi connectivity index (χ2v) is 20.0. The van der Waals surface area contributed by atoms with Crippen molar-refractivity contribution in [2.45, 2.75) is 110 Å². The van der Waals surface area contributed by atoms with Gasteiger partial charge < -0.3 is 41.0 Å². The van der Waals surface area contributed by atoms with Crippen molar-refractivity contribution in [1.82, 2.24) is 39.8 Å². The van der Waals surface area contributed by atoms with Crippen molar-refractivity contribution >= 4 is 50.4 Å².